The highest BCUT2D eigenvalue weighted by molar-refractivity contribution is 5.81. The number of aromatic nitrogens is 4. The van der Waals surface area contributed by atoms with E-state index in [2.05, 4.69) is 30.6 Å². The molecule has 70 valence electrons. The minimum absolute atomic E-state index is 0.884. The minimum atomic E-state index is 0.884. The number of H-pyrrole nitrogens is 2. The molecule has 0 aromatic carbocycles. The average molecular weight is 188 g/mol. The second kappa shape index (κ2) is 4.13. The van der Waals surface area contributed by atoms with Crippen molar-refractivity contribution < 1.29 is 0 Å². The molecule has 0 aliphatic carbocycles. The zero-order chi connectivity index (χ0) is 9.64. The van der Waals surface area contributed by atoms with Gasteiger partial charge in [0.1, 0.15) is 0 Å². The van der Waals surface area contributed by atoms with Crippen LogP contribution in [0.5, 0.6) is 0 Å². The van der Waals surface area contributed by atoms with Crippen molar-refractivity contribution in [3.05, 3.63) is 35.9 Å². The highest BCUT2D eigenvalue weighted by Gasteiger charge is 1.86. The van der Waals surface area contributed by atoms with Crippen molar-refractivity contribution in [1.29, 1.82) is 0 Å². The van der Waals surface area contributed by atoms with Crippen LogP contribution in [-0.4, -0.2) is 32.8 Å². The van der Waals surface area contributed by atoms with Gasteiger partial charge in [-0.1, -0.05) is 0 Å². The van der Waals surface area contributed by atoms with E-state index in [0.717, 1.165) is 11.1 Å². The van der Waals surface area contributed by atoms with Crippen LogP contribution < -0.4 is 0 Å². The second-order valence-corrected chi connectivity index (χ2v) is 2.55. The zero-order valence-electron chi connectivity index (χ0n) is 7.25. The first-order chi connectivity index (χ1) is 6.95. The van der Waals surface area contributed by atoms with Crippen LogP contribution in [0.3, 0.4) is 0 Å². The summed E-state index contributed by atoms with van der Waals surface area (Å²) in [7, 11) is 0. The van der Waals surface area contributed by atoms with E-state index in [1.807, 2.05) is 0 Å². The van der Waals surface area contributed by atoms with E-state index < -0.39 is 0 Å². The molecule has 0 fully saturated rings. The Kier molecular flexibility index (Phi) is 2.46. The van der Waals surface area contributed by atoms with Crippen LogP contribution in [0, 0.1) is 0 Å². The normalized spacial score (nSPS) is 11.7. The molecule has 2 aromatic rings. The summed E-state index contributed by atoms with van der Waals surface area (Å²) in [6.45, 7) is 0. The molecular formula is C8H8N6. The van der Waals surface area contributed by atoms with Crippen LogP contribution in [-0.2, 0) is 0 Å². The first kappa shape index (κ1) is 8.36. The summed E-state index contributed by atoms with van der Waals surface area (Å²) in [5.41, 5.74) is 1.77. The van der Waals surface area contributed by atoms with E-state index in [4.69, 9.17) is 0 Å². The van der Waals surface area contributed by atoms with Crippen LogP contribution in [0.4, 0.5) is 0 Å². The lowest BCUT2D eigenvalue weighted by molar-refractivity contribution is 1.09. The van der Waals surface area contributed by atoms with Gasteiger partial charge in [0.25, 0.3) is 0 Å². The monoisotopic (exact) mass is 188 g/mol. The highest BCUT2D eigenvalue weighted by Crippen LogP contribution is 1.90. The molecule has 0 radical (unpaired) electrons. The van der Waals surface area contributed by atoms with Gasteiger partial charge < -0.3 is 0 Å². The lowest BCUT2D eigenvalue weighted by Crippen LogP contribution is -1.75. The topological polar surface area (TPSA) is 82.1 Å². The molecule has 2 aromatic heterocycles. The summed E-state index contributed by atoms with van der Waals surface area (Å²) < 4.78 is 0. The Balaban J connectivity index is 1.94. The Morgan fingerprint density at radius 1 is 0.929 bits per heavy atom. The fourth-order valence-electron chi connectivity index (χ4n) is 0.863. The van der Waals surface area contributed by atoms with Gasteiger partial charge in [0.2, 0.25) is 0 Å². The molecule has 0 saturated carbocycles. The maximum Gasteiger partial charge on any atom is 0.0599 e. The molecule has 14 heavy (non-hydrogen) atoms. The molecule has 2 N–H and O–H groups in total. The van der Waals surface area contributed by atoms with E-state index in [0.29, 0.717) is 0 Å². The summed E-state index contributed by atoms with van der Waals surface area (Å²) in [4.78, 5) is 0. The third-order valence-corrected chi connectivity index (χ3v) is 1.52. The van der Waals surface area contributed by atoms with Crippen molar-refractivity contribution in [2.75, 3.05) is 0 Å². The Bertz CT molecular complexity index is 368. The van der Waals surface area contributed by atoms with Gasteiger partial charge in [0.15, 0.2) is 0 Å². The molecule has 0 aliphatic heterocycles. The Labute approximate surface area is 79.8 Å². The van der Waals surface area contributed by atoms with Crippen molar-refractivity contribution in [3.63, 3.8) is 0 Å². The largest absolute Gasteiger partial charge is 0.285 e. The maximum absolute atomic E-state index is 3.83. The van der Waals surface area contributed by atoms with Crippen molar-refractivity contribution >= 4 is 12.4 Å². The molecule has 6 heteroatoms. The predicted molar refractivity (Wildman–Crippen MR) is 52.4 cm³/mol. The number of hydrogen-bond donors (Lipinski definition) is 2. The summed E-state index contributed by atoms with van der Waals surface area (Å²) in [5.74, 6) is 0. The second-order valence-electron chi connectivity index (χ2n) is 2.55. The molecular weight excluding hydrogens is 180 g/mol. The van der Waals surface area contributed by atoms with Crippen molar-refractivity contribution in [2.45, 2.75) is 0 Å². The van der Waals surface area contributed by atoms with Gasteiger partial charge in [-0.3, -0.25) is 10.2 Å². The van der Waals surface area contributed by atoms with E-state index in [1.165, 1.54) is 0 Å². The van der Waals surface area contributed by atoms with Crippen LogP contribution in [0.25, 0.3) is 0 Å². The third-order valence-electron chi connectivity index (χ3n) is 1.52. The molecule has 0 amide bonds. The number of nitrogens with one attached hydrogen (secondary N) is 2. The highest BCUT2D eigenvalue weighted by atomic mass is 15.2. The van der Waals surface area contributed by atoms with Gasteiger partial charge in [-0.2, -0.15) is 20.4 Å². The lowest BCUT2D eigenvalue weighted by Gasteiger charge is -1.78. The van der Waals surface area contributed by atoms with Crippen molar-refractivity contribution in [2.24, 2.45) is 10.2 Å². The molecule has 2 rings (SSSR count). The van der Waals surface area contributed by atoms with Crippen LogP contribution in [0.1, 0.15) is 11.1 Å². The van der Waals surface area contributed by atoms with E-state index >= 15 is 0 Å². The van der Waals surface area contributed by atoms with Crippen molar-refractivity contribution in [1.82, 2.24) is 20.4 Å². The molecule has 0 spiro atoms. The van der Waals surface area contributed by atoms with Crippen LogP contribution in [0.2, 0.25) is 0 Å². The lowest BCUT2D eigenvalue weighted by atomic mass is 10.4. The van der Waals surface area contributed by atoms with Gasteiger partial charge in [-0.05, 0) is 0 Å². The predicted octanol–water partition coefficient (Wildman–Crippen LogP) is 0.586. The van der Waals surface area contributed by atoms with Gasteiger partial charge in [0, 0.05) is 23.5 Å². The van der Waals surface area contributed by atoms with Crippen LogP contribution in [0.15, 0.2) is 35.0 Å². The van der Waals surface area contributed by atoms with Gasteiger partial charge in [-0.15, -0.1) is 0 Å². The SMILES string of the molecule is C(=NN=Cc1cn[nH]c1)c1cn[nH]c1. The molecule has 6 nitrogen and oxygen atoms in total. The summed E-state index contributed by atoms with van der Waals surface area (Å²) in [6, 6.07) is 0. The number of rotatable bonds is 3. The molecule has 0 atom stereocenters. The number of hydrogen-bond acceptors (Lipinski definition) is 4. The zero-order valence-corrected chi connectivity index (χ0v) is 7.25. The Morgan fingerprint density at radius 2 is 1.43 bits per heavy atom. The van der Waals surface area contributed by atoms with Gasteiger partial charge in [-0.25, -0.2) is 0 Å². The standard InChI is InChI=1S/C8H8N6/c1-7(2-10-9-1)5-13-14-6-8-3-11-12-4-8/h1-6H,(H,9,10)(H,11,12). The first-order valence-electron chi connectivity index (χ1n) is 3.99. The molecule has 2 heterocycles. The Morgan fingerprint density at radius 3 is 1.79 bits per heavy atom. The number of aromatic amines is 2. The van der Waals surface area contributed by atoms with Crippen LogP contribution >= 0.6 is 0 Å². The maximum atomic E-state index is 3.83. The summed E-state index contributed by atoms with van der Waals surface area (Å²) in [5, 5.41) is 20.6. The number of nitrogens with zero attached hydrogens (tertiary/aromatic N) is 4. The van der Waals surface area contributed by atoms with E-state index in [-0.39, 0.29) is 0 Å². The van der Waals surface area contributed by atoms with Crippen molar-refractivity contribution in [3.8, 4) is 0 Å². The van der Waals surface area contributed by atoms with Gasteiger partial charge >= 0.3 is 0 Å². The van der Waals surface area contributed by atoms with E-state index in [1.54, 1.807) is 37.2 Å². The fraction of sp³-hybridized carbons (Fsp3) is 0. The smallest absolute Gasteiger partial charge is 0.0599 e. The van der Waals surface area contributed by atoms with Gasteiger partial charge in [0.05, 0.1) is 24.8 Å². The van der Waals surface area contributed by atoms with E-state index in [9.17, 15) is 0 Å². The Hall–Kier alpha value is -2.24. The first-order valence-corrected chi connectivity index (χ1v) is 3.99. The summed E-state index contributed by atoms with van der Waals surface area (Å²) in [6.07, 6.45) is 10.0. The molecule has 0 aliphatic rings. The quantitative estimate of drug-likeness (QED) is 0.545. The summed E-state index contributed by atoms with van der Waals surface area (Å²) >= 11 is 0. The fourth-order valence-corrected chi connectivity index (χ4v) is 0.863. The third kappa shape index (κ3) is 2.13. The molecule has 0 unspecified atom stereocenters. The molecule has 0 bridgehead atoms. The molecule has 0 saturated heterocycles. The minimum Gasteiger partial charge on any atom is -0.285 e. The average Bonchev–Trinajstić information content (AvgIpc) is 2.86.